The summed E-state index contributed by atoms with van der Waals surface area (Å²) >= 11 is 6.14. The highest BCUT2D eigenvalue weighted by Crippen LogP contribution is 2.29. The molecule has 17 heavy (non-hydrogen) atoms. The van der Waals surface area contributed by atoms with Gasteiger partial charge in [-0.1, -0.05) is 36.9 Å². The third-order valence-electron chi connectivity index (χ3n) is 3.45. The van der Waals surface area contributed by atoms with Gasteiger partial charge < -0.3 is 10.0 Å². The SMILES string of the molecule is OCc1c(Cl)cccc1N1CCCCCCC1. The summed E-state index contributed by atoms with van der Waals surface area (Å²) in [5.41, 5.74) is 1.98. The molecule has 1 heterocycles. The van der Waals surface area contributed by atoms with Crippen molar-refractivity contribution in [1.82, 2.24) is 0 Å². The third kappa shape index (κ3) is 3.14. The van der Waals surface area contributed by atoms with E-state index in [4.69, 9.17) is 11.6 Å². The minimum atomic E-state index is 0.0194. The molecule has 0 aliphatic carbocycles. The maximum absolute atomic E-state index is 9.44. The van der Waals surface area contributed by atoms with Crippen LogP contribution in [0.25, 0.3) is 0 Å². The van der Waals surface area contributed by atoms with Gasteiger partial charge in [-0.3, -0.25) is 0 Å². The predicted octanol–water partition coefficient (Wildman–Crippen LogP) is 3.60. The first kappa shape index (κ1) is 12.7. The number of aliphatic hydroxyl groups excluding tert-OH is 1. The smallest absolute Gasteiger partial charge is 0.0716 e. The fourth-order valence-corrected chi connectivity index (χ4v) is 2.72. The fourth-order valence-electron chi connectivity index (χ4n) is 2.49. The van der Waals surface area contributed by atoms with Gasteiger partial charge in [-0.05, 0) is 25.0 Å². The molecule has 1 aliphatic rings. The lowest BCUT2D eigenvalue weighted by Crippen LogP contribution is -2.28. The lowest BCUT2D eigenvalue weighted by Gasteiger charge is -2.29. The first-order valence-electron chi connectivity index (χ1n) is 6.46. The molecule has 2 nitrogen and oxygen atoms in total. The van der Waals surface area contributed by atoms with Crippen LogP contribution in [-0.4, -0.2) is 18.2 Å². The van der Waals surface area contributed by atoms with E-state index in [0.29, 0.717) is 5.02 Å². The van der Waals surface area contributed by atoms with Crippen molar-refractivity contribution < 1.29 is 5.11 Å². The number of nitrogens with zero attached hydrogens (tertiary/aromatic N) is 1. The van der Waals surface area contributed by atoms with Crippen LogP contribution in [0.15, 0.2) is 18.2 Å². The minimum Gasteiger partial charge on any atom is -0.392 e. The molecule has 1 fully saturated rings. The van der Waals surface area contributed by atoms with Crippen molar-refractivity contribution in [1.29, 1.82) is 0 Å². The summed E-state index contributed by atoms with van der Waals surface area (Å²) in [6, 6.07) is 5.88. The Morgan fingerprint density at radius 2 is 1.71 bits per heavy atom. The normalized spacial score (nSPS) is 17.6. The summed E-state index contributed by atoms with van der Waals surface area (Å²) in [4.78, 5) is 2.37. The summed E-state index contributed by atoms with van der Waals surface area (Å²) in [5.74, 6) is 0. The van der Waals surface area contributed by atoms with Gasteiger partial charge in [-0.15, -0.1) is 0 Å². The van der Waals surface area contributed by atoms with Gasteiger partial charge in [0.05, 0.1) is 6.61 Å². The molecule has 0 aromatic heterocycles. The van der Waals surface area contributed by atoms with Gasteiger partial charge in [0, 0.05) is 29.4 Å². The average molecular weight is 254 g/mol. The summed E-state index contributed by atoms with van der Waals surface area (Å²) in [5, 5.41) is 10.1. The molecule has 0 atom stereocenters. The van der Waals surface area contributed by atoms with Gasteiger partial charge in [-0.2, -0.15) is 0 Å². The summed E-state index contributed by atoms with van der Waals surface area (Å²) < 4.78 is 0. The van der Waals surface area contributed by atoms with Gasteiger partial charge >= 0.3 is 0 Å². The van der Waals surface area contributed by atoms with Gasteiger partial charge in [0.15, 0.2) is 0 Å². The second-order valence-electron chi connectivity index (χ2n) is 4.65. The lowest BCUT2D eigenvalue weighted by atomic mass is 10.1. The van der Waals surface area contributed by atoms with E-state index in [1.54, 1.807) is 0 Å². The number of hydrogen-bond acceptors (Lipinski definition) is 2. The van der Waals surface area contributed by atoms with Crippen molar-refractivity contribution in [2.24, 2.45) is 0 Å². The summed E-state index contributed by atoms with van der Waals surface area (Å²) in [6.07, 6.45) is 6.45. The van der Waals surface area contributed by atoms with E-state index in [2.05, 4.69) is 11.0 Å². The monoisotopic (exact) mass is 253 g/mol. The summed E-state index contributed by atoms with van der Waals surface area (Å²) in [6.45, 7) is 2.17. The zero-order chi connectivity index (χ0) is 12.1. The van der Waals surface area contributed by atoms with Crippen LogP contribution in [0.4, 0.5) is 5.69 Å². The van der Waals surface area contributed by atoms with Crippen LogP contribution in [0, 0.1) is 0 Å². The number of hydrogen-bond donors (Lipinski definition) is 1. The Kier molecular flexibility index (Phi) is 4.69. The number of benzene rings is 1. The van der Waals surface area contributed by atoms with Crippen molar-refractivity contribution >= 4 is 17.3 Å². The topological polar surface area (TPSA) is 23.5 Å². The van der Waals surface area contributed by atoms with Gasteiger partial charge in [-0.25, -0.2) is 0 Å². The zero-order valence-corrected chi connectivity index (χ0v) is 10.9. The molecule has 2 rings (SSSR count). The van der Waals surface area contributed by atoms with E-state index in [1.807, 2.05) is 12.1 Å². The molecule has 1 saturated heterocycles. The minimum absolute atomic E-state index is 0.0194. The Labute approximate surface area is 108 Å². The summed E-state index contributed by atoms with van der Waals surface area (Å²) in [7, 11) is 0. The van der Waals surface area contributed by atoms with Gasteiger partial charge in [0.1, 0.15) is 0 Å². The van der Waals surface area contributed by atoms with Crippen LogP contribution in [0.3, 0.4) is 0 Å². The average Bonchev–Trinajstić information content (AvgIpc) is 2.28. The van der Waals surface area contributed by atoms with Crippen LogP contribution in [0.2, 0.25) is 5.02 Å². The van der Waals surface area contributed by atoms with E-state index >= 15 is 0 Å². The van der Waals surface area contributed by atoms with Crippen LogP contribution < -0.4 is 4.90 Å². The van der Waals surface area contributed by atoms with Gasteiger partial charge in [0.25, 0.3) is 0 Å². The van der Waals surface area contributed by atoms with Crippen molar-refractivity contribution in [3.05, 3.63) is 28.8 Å². The van der Waals surface area contributed by atoms with Crippen LogP contribution in [-0.2, 0) is 6.61 Å². The quantitative estimate of drug-likeness (QED) is 0.871. The lowest BCUT2D eigenvalue weighted by molar-refractivity contribution is 0.282. The van der Waals surface area contributed by atoms with Crippen molar-refractivity contribution in [2.45, 2.75) is 38.7 Å². The first-order chi connectivity index (χ1) is 8.33. The molecule has 1 aliphatic heterocycles. The van der Waals surface area contributed by atoms with Crippen LogP contribution >= 0.6 is 11.6 Å². The first-order valence-corrected chi connectivity index (χ1v) is 6.84. The van der Waals surface area contributed by atoms with Crippen molar-refractivity contribution in [2.75, 3.05) is 18.0 Å². The van der Waals surface area contributed by atoms with Crippen molar-refractivity contribution in [3.8, 4) is 0 Å². The molecule has 0 amide bonds. The molecule has 0 unspecified atom stereocenters. The Morgan fingerprint density at radius 3 is 2.35 bits per heavy atom. The molecule has 1 aromatic rings. The maximum Gasteiger partial charge on any atom is 0.0716 e. The van der Waals surface area contributed by atoms with Gasteiger partial charge in [0.2, 0.25) is 0 Å². The third-order valence-corrected chi connectivity index (χ3v) is 3.80. The molecule has 0 spiro atoms. The Balaban J connectivity index is 2.21. The van der Waals surface area contributed by atoms with E-state index in [-0.39, 0.29) is 6.61 Å². The number of rotatable bonds is 2. The van der Waals surface area contributed by atoms with E-state index in [9.17, 15) is 5.11 Å². The standard InChI is InChI=1S/C14H20ClNO/c15-13-7-6-8-14(12(13)11-17)16-9-4-2-1-3-5-10-16/h6-8,17H,1-5,9-11H2. The molecule has 1 aromatic carbocycles. The largest absolute Gasteiger partial charge is 0.392 e. The van der Waals surface area contributed by atoms with Crippen molar-refractivity contribution in [3.63, 3.8) is 0 Å². The molecular weight excluding hydrogens is 234 g/mol. The number of halogens is 1. The maximum atomic E-state index is 9.44. The second kappa shape index (κ2) is 6.27. The van der Waals surface area contributed by atoms with E-state index < -0.39 is 0 Å². The van der Waals surface area contributed by atoms with E-state index in [0.717, 1.165) is 24.3 Å². The predicted molar refractivity (Wildman–Crippen MR) is 72.7 cm³/mol. The molecular formula is C14H20ClNO. The highest BCUT2D eigenvalue weighted by Gasteiger charge is 2.14. The highest BCUT2D eigenvalue weighted by atomic mass is 35.5. The second-order valence-corrected chi connectivity index (χ2v) is 5.06. The van der Waals surface area contributed by atoms with E-state index in [1.165, 1.54) is 32.1 Å². The Hall–Kier alpha value is -0.730. The molecule has 0 saturated carbocycles. The molecule has 0 bridgehead atoms. The number of aliphatic hydroxyl groups is 1. The Morgan fingerprint density at radius 1 is 1.06 bits per heavy atom. The number of anilines is 1. The van der Waals surface area contributed by atoms with Crippen LogP contribution in [0.5, 0.6) is 0 Å². The highest BCUT2D eigenvalue weighted by molar-refractivity contribution is 6.31. The molecule has 0 radical (unpaired) electrons. The Bertz CT molecular complexity index is 359. The molecule has 94 valence electrons. The van der Waals surface area contributed by atoms with Crippen LogP contribution in [0.1, 0.15) is 37.7 Å². The zero-order valence-electron chi connectivity index (χ0n) is 10.2. The molecule has 3 heteroatoms. The molecule has 1 N–H and O–H groups in total. The fraction of sp³-hybridized carbons (Fsp3) is 0.571.